The quantitative estimate of drug-likeness (QED) is 0.748. The third-order valence-electron chi connectivity index (χ3n) is 4.37. The van der Waals surface area contributed by atoms with Crippen LogP contribution in [0.2, 0.25) is 5.02 Å². The van der Waals surface area contributed by atoms with Gasteiger partial charge in [0, 0.05) is 30.8 Å². The Morgan fingerprint density at radius 1 is 1.48 bits per heavy atom. The van der Waals surface area contributed by atoms with Crippen LogP contribution in [0.1, 0.15) is 13.3 Å². The lowest BCUT2D eigenvalue weighted by molar-refractivity contribution is 0.0180. The van der Waals surface area contributed by atoms with E-state index in [4.69, 9.17) is 21.1 Å². The average Bonchev–Trinajstić information content (AvgIpc) is 3.08. The predicted molar refractivity (Wildman–Crippen MR) is 99.3 cm³/mol. The summed E-state index contributed by atoms with van der Waals surface area (Å²) >= 11 is 5.82. The predicted octanol–water partition coefficient (Wildman–Crippen LogP) is 2.39. The summed E-state index contributed by atoms with van der Waals surface area (Å²) in [5.41, 5.74) is 0.515. The Morgan fingerprint density at radius 2 is 2.30 bits per heavy atom. The highest BCUT2D eigenvalue weighted by Gasteiger charge is 2.29. The molecule has 2 aromatic rings. The summed E-state index contributed by atoms with van der Waals surface area (Å²) in [5, 5.41) is 4.48. The Labute approximate surface area is 162 Å². The van der Waals surface area contributed by atoms with Gasteiger partial charge in [0.1, 0.15) is 0 Å². The number of aromatic nitrogens is 2. The highest BCUT2D eigenvalue weighted by atomic mass is 35.5. The second-order valence-electron chi connectivity index (χ2n) is 6.28. The van der Waals surface area contributed by atoms with Crippen molar-refractivity contribution in [3.8, 4) is 11.4 Å². The largest absolute Gasteiger partial charge is 0.490 e. The first-order chi connectivity index (χ1) is 12.9. The molecule has 10 heteroatoms. The molecule has 0 unspecified atom stereocenters. The van der Waals surface area contributed by atoms with E-state index in [0.717, 1.165) is 0 Å². The molecule has 0 aliphatic carbocycles. The highest BCUT2D eigenvalue weighted by Crippen LogP contribution is 2.23. The van der Waals surface area contributed by atoms with Crippen molar-refractivity contribution in [1.29, 1.82) is 0 Å². The van der Waals surface area contributed by atoms with Crippen molar-refractivity contribution in [3.63, 3.8) is 0 Å². The SMILES string of the molecule is CCS(=O)(=O)N[C@H]1CCOC[C@@H]1COc1ccc(-n2cc(Cl)cn2)cc1F. The Bertz CT molecular complexity index is 890. The fourth-order valence-electron chi connectivity index (χ4n) is 2.82. The minimum absolute atomic E-state index is 0.00543. The first kappa shape index (κ1) is 20.1. The fourth-order valence-corrected chi connectivity index (χ4v) is 3.89. The van der Waals surface area contributed by atoms with E-state index >= 15 is 0 Å². The zero-order chi connectivity index (χ0) is 19.4. The third-order valence-corrected chi connectivity index (χ3v) is 5.99. The maximum Gasteiger partial charge on any atom is 0.211 e. The van der Waals surface area contributed by atoms with Gasteiger partial charge in [-0.2, -0.15) is 5.10 Å². The number of hydrogen-bond donors (Lipinski definition) is 1. The molecule has 0 bridgehead atoms. The van der Waals surface area contributed by atoms with Crippen molar-refractivity contribution in [2.75, 3.05) is 25.6 Å². The number of sulfonamides is 1. The van der Waals surface area contributed by atoms with Crippen LogP contribution in [-0.4, -0.2) is 49.8 Å². The molecule has 0 amide bonds. The van der Waals surface area contributed by atoms with Gasteiger partial charge in [0.05, 0.1) is 35.9 Å². The molecular weight excluding hydrogens is 397 g/mol. The van der Waals surface area contributed by atoms with Crippen LogP contribution in [-0.2, 0) is 14.8 Å². The number of nitrogens with zero attached hydrogens (tertiary/aromatic N) is 2. The van der Waals surface area contributed by atoms with Crippen LogP contribution < -0.4 is 9.46 Å². The fraction of sp³-hybridized carbons (Fsp3) is 0.471. The smallest absolute Gasteiger partial charge is 0.211 e. The summed E-state index contributed by atoms with van der Waals surface area (Å²) in [5.74, 6) is -0.656. The van der Waals surface area contributed by atoms with Crippen molar-refractivity contribution in [1.82, 2.24) is 14.5 Å². The van der Waals surface area contributed by atoms with Gasteiger partial charge in [-0.1, -0.05) is 11.6 Å². The van der Waals surface area contributed by atoms with Gasteiger partial charge >= 0.3 is 0 Å². The Kier molecular flexibility index (Phi) is 6.36. The van der Waals surface area contributed by atoms with E-state index in [1.165, 1.54) is 23.0 Å². The first-order valence-corrected chi connectivity index (χ1v) is 10.6. The number of ether oxygens (including phenoxy) is 2. The molecule has 1 saturated heterocycles. The molecule has 0 spiro atoms. The van der Waals surface area contributed by atoms with Gasteiger partial charge in [0.2, 0.25) is 10.0 Å². The number of hydrogen-bond acceptors (Lipinski definition) is 5. The van der Waals surface area contributed by atoms with Crippen molar-refractivity contribution < 1.29 is 22.3 Å². The van der Waals surface area contributed by atoms with Gasteiger partial charge in [-0.05, 0) is 25.5 Å². The minimum Gasteiger partial charge on any atom is -0.490 e. The normalized spacial score (nSPS) is 20.6. The van der Waals surface area contributed by atoms with E-state index in [1.807, 2.05) is 0 Å². The van der Waals surface area contributed by atoms with E-state index in [1.54, 1.807) is 19.2 Å². The zero-order valence-corrected chi connectivity index (χ0v) is 16.3. The Morgan fingerprint density at radius 3 is 2.96 bits per heavy atom. The van der Waals surface area contributed by atoms with Crippen LogP contribution in [0.3, 0.4) is 0 Å². The van der Waals surface area contributed by atoms with Crippen LogP contribution in [0.4, 0.5) is 4.39 Å². The highest BCUT2D eigenvalue weighted by molar-refractivity contribution is 7.89. The van der Waals surface area contributed by atoms with Gasteiger partial charge in [-0.25, -0.2) is 22.2 Å². The molecule has 148 valence electrons. The summed E-state index contributed by atoms with van der Waals surface area (Å²) < 4.78 is 53.2. The molecule has 1 aliphatic heterocycles. The summed E-state index contributed by atoms with van der Waals surface area (Å²) in [6.45, 7) is 2.54. The molecule has 3 rings (SSSR count). The molecule has 2 heterocycles. The zero-order valence-electron chi connectivity index (χ0n) is 14.8. The van der Waals surface area contributed by atoms with Gasteiger partial charge in [0.25, 0.3) is 0 Å². The maximum atomic E-state index is 14.4. The molecule has 1 aromatic heterocycles. The second kappa shape index (κ2) is 8.55. The third kappa shape index (κ3) is 5.19. The number of nitrogens with one attached hydrogen (secondary N) is 1. The Balaban J connectivity index is 1.66. The van der Waals surface area contributed by atoms with E-state index < -0.39 is 15.8 Å². The lowest BCUT2D eigenvalue weighted by atomic mass is 9.98. The van der Waals surface area contributed by atoms with Gasteiger partial charge in [-0.3, -0.25) is 0 Å². The maximum absolute atomic E-state index is 14.4. The molecule has 0 radical (unpaired) electrons. The summed E-state index contributed by atoms with van der Waals surface area (Å²) in [4.78, 5) is 0. The Hall–Kier alpha value is -1.68. The minimum atomic E-state index is -3.33. The van der Waals surface area contributed by atoms with Crippen molar-refractivity contribution >= 4 is 21.6 Å². The molecule has 1 aliphatic rings. The monoisotopic (exact) mass is 417 g/mol. The van der Waals surface area contributed by atoms with Gasteiger partial charge < -0.3 is 9.47 Å². The first-order valence-electron chi connectivity index (χ1n) is 8.58. The topological polar surface area (TPSA) is 82.5 Å². The lowest BCUT2D eigenvalue weighted by Gasteiger charge is -2.31. The van der Waals surface area contributed by atoms with E-state index in [2.05, 4.69) is 9.82 Å². The van der Waals surface area contributed by atoms with Crippen LogP contribution >= 0.6 is 11.6 Å². The average molecular weight is 418 g/mol. The summed E-state index contributed by atoms with van der Waals surface area (Å²) in [7, 11) is -3.33. The van der Waals surface area contributed by atoms with Crippen molar-refractivity contribution in [2.45, 2.75) is 19.4 Å². The van der Waals surface area contributed by atoms with Gasteiger partial charge in [-0.15, -0.1) is 0 Å². The molecule has 27 heavy (non-hydrogen) atoms. The van der Waals surface area contributed by atoms with E-state index in [0.29, 0.717) is 30.3 Å². The standard InChI is InChI=1S/C17H21ClFN3O4S/c1-2-27(23,24)21-16-5-6-25-10-12(16)11-26-17-4-3-14(7-15(17)19)22-9-13(18)8-20-22/h3-4,7-9,12,16,21H,2,5-6,10-11H2,1H3/t12-,16+/m1/s1. The second-order valence-corrected chi connectivity index (χ2v) is 8.76. The van der Waals surface area contributed by atoms with Crippen LogP contribution in [0.15, 0.2) is 30.6 Å². The van der Waals surface area contributed by atoms with Crippen LogP contribution in [0, 0.1) is 11.7 Å². The molecule has 2 atom stereocenters. The molecule has 1 N–H and O–H groups in total. The van der Waals surface area contributed by atoms with Crippen LogP contribution in [0.25, 0.3) is 5.69 Å². The van der Waals surface area contributed by atoms with Crippen molar-refractivity contribution in [3.05, 3.63) is 41.4 Å². The van der Waals surface area contributed by atoms with E-state index in [-0.39, 0.29) is 30.1 Å². The number of benzene rings is 1. The van der Waals surface area contributed by atoms with Gasteiger partial charge in [0.15, 0.2) is 11.6 Å². The number of rotatable bonds is 7. The summed E-state index contributed by atoms with van der Waals surface area (Å²) in [6.07, 6.45) is 3.58. The molecule has 1 aromatic carbocycles. The molecule has 7 nitrogen and oxygen atoms in total. The molecular formula is C17H21ClFN3O4S. The number of halogens is 2. The van der Waals surface area contributed by atoms with Crippen LogP contribution in [0.5, 0.6) is 5.75 Å². The van der Waals surface area contributed by atoms with E-state index in [9.17, 15) is 12.8 Å². The molecule has 0 saturated carbocycles. The lowest BCUT2D eigenvalue weighted by Crippen LogP contribution is -2.48. The van der Waals surface area contributed by atoms with Crippen molar-refractivity contribution in [2.24, 2.45) is 5.92 Å². The molecule has 1 fully saturated rings. The summed E-state index contributed by atoms with van der Waals surface area (Å²) in [6, 6.07) is 4.18.